The quantitative estimate of drug-likeness (QED) is 0.159. The number of rotatable bonds is 5. The first-order valence-electron chi connectivity index (χ1n) is 25.3. The number of anilines is 6. The molecule has 0 spiro atoms. The van der Waals surface area contributed by atoms with Crippen molar-refractivity contribution in [1.29, 1.82) is 0 Å². The normalized spacial score (nSPS) is 14.3. The lowest BCUT2D eigenvalue weighted by Gasteiger charge is -2.42. The van der Waals surface area contributed by atoms with Crippen molar-refractivity contribution in [2.24, 2.45) is 0 Å². The summed E-state index contributed by atoms with van der Waals surface area (Å²) in [5, 5.41) is 9.76. The van der Waals surface area contributed by atoms with Crippen molar-refractivity contribution < 1.29 is 0 Å². The Morgan fingerprint density at radius 3 is 1.25 bits per heavy atom. The van der Waals surface area contributed by atoms with E-state index in [0.29, 0.717) is 0 Å². The molecule has 14 rings (SSSR count). The largest absolute Gasteiger partial charge is 0.310 e. The molecule has 0 radical (unpaired) electrons. The van der Waals surface area contributed by atoms with Crippen molar-refractivity contribution in [3.8, 4) is 33.4 Å². The molecule has 0 amide bonds. The molecular formula is C70H52N2. The summed E-state index contributed by atoms with van der Waals surface area (Å²) in [7, 11) is 0. The Hall–Kier alpha value is -8.72. The summed E-state index contributed by atoms with van der Waals surface area (Å²) in [5.41, 5.74) is 19.4. The van der Waals surface area contributed by atoms with Gasteiger partial charge >= 0.3 is 0 Å². The maximum atomic E-state index is 2.50. The minimum atomic E-state index is -0.169. The Bertz CT molecular complexity index is 4070. The Morgan fingerprint density at radius 1 is 0.264 bits per heavy atom. The average molecular weight is 921 g/mol. The van der Waals surface area contributed by atoms with Crippen LogP contribution in [0.15, 0.2) is 243 Å². The van der Waals surface area contributed by atoms with Gasteiger partial charge in [-0.1, -0.05) is 210 Å². The van der Waals surface area contributed by atoms with E-state index in [-0.39, 0.29) is 10.8 Å². The van der Waals surface area contributed by atoms with Gasteiger partial charge in [0.2, 0.25) is 0 Å². The standard InChI is InChI=1S/C70H52N2/c1-69(2)59-25-10-14-29-63(59)71(64-30-15-11-26-60(64)69)51-38-40-56-57(43-51)67(50-36-35-48-41-47(33-34-49(48)42-50)45-19-6-5-7-20-45)55-39-37-52(44-58(55)68(56)54-24-18-22-46-21-8-9-23-53(46)54)72-65-31-16-12-27-61(65)70(3,4)62-28-13-17-32-66(62)72/h5-44H,1-4H3. The van der Waals surface area contributed by atoms with Gasteiger partial charge in [0.1, 0.15) is 0 Å². The third-order valence-corrected chi connectivity index (χ3v) is 16.2. The highest BCUT2D eigenvalue weighted by Crippen LogP contribution is 2.56. The van der Waals surface area contributed by atoms with E-state index in [2.05, 4.69) is 280 Å². The fraction of sp³-hybridized carbons (Fsp3) is 0.0857. The number of fused-ring (bicyclic) bond motifs is 8. The number of benzene rings is 12. The number of hydrogen-bond donors (Lipinski definition) is 0. The smallest absolute Gasteiger partial charge is 0.0502 e. The van der Waals surface area contributed by atoms with Gasteiger partial charge < -0.3 is 9.80 Å². The molecule has 2 aliphatic heterocycles. The molecular weight excluding hydrogens is 869 g/mol. The van der Waals surface area contributed by atoms with Crippen LogP contribution in [0.2, 0.25) is 0 Å². The van der Waals surface area contributed by atoms with E-state index in [1.807, 2.05) is 0 Å². The van der Waals surface area contributed by atoms with Crippen LogP contribution in [-0.2, 0) is 10.8 Å². The summed E-state index contributed by atoms with van der Waals surface area (Å²) in [4.78, 5) is 5.00. The Labute approximate surface area is 421 Å². The van der Waals surface area contributed by atoms with Gasteiger partial charge in [-0.3, -0.25) is 0 Å². The summed E-state index contributed by atoms with van der Waals surface area (Å²) >= 11 is 0. The summed E-state index contributed by atoms with van der Waals surface area (Å²) < 4.78 is 0. The fourth-order valence-electron chi connectivity index (χ4n) is 12.6. The Morgan fingerprint density at radius 2 is 0.694 bits per heavy atom. The molecule has 12 aromatic rings. The molecule has 0 atom stereocenters. The summed E-state index contributed by atoms with van der Waals surface area (Å²) in [6.45, 7) is 9.45. The van der Waals surface area contributed by atoms with Crippen LogP contribution < -0.4 is 9.80 Å². The lowest BCUT2D eigenvalue weighted by Crippen LogP contribution is -2.30. The van der Waals surface area contributed by atoms with Crippen LogP contribution in [0.3, 0.4) is 0 Å². The molecule has 0 unspecified atom stereocenters. The summed E-state index contributed by atoms with van der Waals surface area (Å²) in [6, 6.07) is 90.9. The van der Waals surface area contributed by atoms with E-state index >= 15 is 0 Å². The minimum Gasteiger partial charge on any atom is -0.310 e. The molecule has 72 heavy (non-hydrogen) atoms. The molecule has 0 saturated carbocycles. The van der Waals surface area contributed by atoms with Crippen LogP contribution in [0.5, 0.6) is 0 Å². The van der Waals surface area contributed by atoms with Gasteiger partial charge in [0.25, 0.3) is 0 Å². The molecule has 2 heterocycles. The van der Waals surface area contributed by atoms with Crippen molar-refractivity contribution in [3.05, 3.63) is 265 Å². The molecule has 2 heteroatoms. The first kappa shape index (κ1) is 42.2. The van der Waals surface area contributed by atoms with Crippen LogP contribution in [0.4, 0.5) is 34.1 Å². The lowest BCUT2D eigenvalue weighted by molar-refractivity contribution is 0.632. The molecule has 0 aromatic heterocycles. The van der Waals surface area contributed by atoms with Crippen molar-refractivity contribution >= 4 is 77.2 Å². The second kappa shape index (κ2) is 15.9. The maximum Gasteiger partial charge on any atom is 0.0502 e. The number of nitrogens with zero attached hydrogens (tertiary/aromatic N) is 2. The van der Waals surface area contributed by atoms with E-state index in [1.165, 1.54) is 121 Å². The van der Waals surface area contributed by atoms with E-state index < -0.39 is 0 Å². The molecule has 12 aromatic carbocycles. The van der Waals surface area contributed by atoms with E-state index in [0.717, 1.165) is 11.4 Å². The van der Waals surface area contributed by atoms with Crippen LogP contribution in [-0.4, -0.2) is 0 Å². The van der Waals surface area contributed by atoms with Gasteiger partial charge in [-0.05, 0) is 159 Å². The topological polar surface area (TPSA) is 6.48 Å². The zero-order valence-corrected chi connectivity index (χ0v) is 41.0. The second-order valence-corrected chi connectivity index (χ2v) is 20.9. The van der Waals surface area contributed by atoms with Gasteiger partial charge in [0, 0.05) is 22.2 Å². The van der Waals surface area contributed by atoms with Crippen molar-refractivity contribution in [1.82, 2.24) is 0 Å². The monoisotopic (exact) mass is 920 g/mol. The zero-order chi connectivity index (χ0) is 48.3. The maximum absolute atomic E-state index is 2.50. The highest BCUT2D eigenvalue weighted by Gasteiger charge is 2.38. The molecule has 0 saturated heterocycles. The molecule has 0 aliphatic carbocycles. The molecule has 0 fully saturated rings. The zero-order valence-electron chi connectivity index (χ0n) is 41.0. The fourth-order valence-corrected chi connectivity index (χ4v) is 12.6. The van der Waals surface area contributed by atoms with Crippen LogP contribution >= 0.6 is 0 Å². The second-order valence-electron chi connectivity index (χ2n) is 20.9. The van der Waals surface area contributed by atoms with Crippen molar-refractivity contribution in [2.45, 2.75) is 38.5 Å². The molecule has 342 valence electrons. The van der Waals surface area contributed by atoms with Crippen molar-refractivity contribution in [3.63, 3.8) is 0 Å². The van der Waals surface area contributed by atoms with Crippen LogP contribution in [0.1, 0.15) is 49.9 Å². The van der Waals surface area contributed by atoms with Gasteiger partial charge in [0.15, 0.2) is 0 Å². The van der Waals surface area contributed by atoms with Gasteiger partial charge in [-0.25, -0.2) is 0 Å². The first-order chi connectivity index (χ1) is 35.2. The van der Waals surface area contributed by atoms with E-state index in [9.17, 15) is 0 Å². The minimum absolute atomic E-state index is 0.168. The van der Waals surface area contributed by atoms with Crippen molar-refractivity contribution in [2.75, 3.05) is 9.80 Å². The van der Waals surface area contributed by atoms with Crippen LogP contribution in [0.25, 0.3) is 76.5 Å². The molecule has 2 aliphatic rings. The highest BCUT2D eigenvalue weighted by molar-refractivity contribution is 6.25. The first-order valence-corrected chi connectivity index (χ1v) is 25.3. The SMILES string of the molecule is CC1(C)c2ccccc2N(c2ccc3c(-c4cccc5ccccc45)c4cc(N5c6ccccc6C(C)(C)c6ccccc65)ccc4c(-c4ccc5cc(-c6ccccc6)ccc5c4)c3c2)c2ccccc21. The predicted octanol–water partition coefficient (Wildman–Crippen LogP) is 19.5. The lowest BCUT2D eigenvalue weighted by atomic mass is 9.73. The summed E-state index contributed by atoms with van der Waals surface area (Å²) in [6.07, 6.45) is 0. The molecule has 2 nitrogen and oxygen atoms in total. The van der Waals surface area contributed by atoms with E-state index in [4.69, 9.17) is 0 Å². The number of hydrogen-bond acceptors (Lipinski definition) is 2. The summed E-state index contributed by atoms with van der Waals surface area (Å²) in [5.74, 6) is 0. The Kier molecular flexibility index (Phi) is 9.32. The van der Waals surface area contributed by atoms with E-state index in [1.54, 1.807) is 0 Å². The Balaban J connectivity index is 1.10. The van der Waals surface area contributed by atoms with Crippen LogP contribution in [0, 0.1) is 0 Å². The predicted molar refractivity (Wildman–Crippen MR) is 306 cm³/mol. The molecule has 0 N–H and O–H groups in total. The highest BCUT2D eigenvalue weighted by atomic mass is 15.2. The van der Waals surface area contributed by atoms with Gasteiger partial charge in [0.05, 0.1) is 22.7 Å². The van der Waals surface area contributed by atoms with Gasteiger partial charge in [-0.15, -0.1) is 0 Å². The van der Waals surface area contributed by atoms with Gasteiger partial charge in [-0.2, -0.15) is 0 Å². The number of para-hydroxylation sites is 4. The average Bonchev–Trinajstić information content (AvgIpc) is 3.42. The third kappa shape index (κ3) is 6.28. The third-order valence-electron chi connectivity index (χ3n) is 16.2. The molecule has 0 bridgehead atoms.